The van der Waals surface area contributed by atoms with Crippen LogP contribution in [0.25, 0.3) is 0 Å². The number of rotatable bonds is 3. The molecule has 0 radical (unpaired) electrons. The number of carbonyl (C=O) groups excluding carboxylic acids is 1. The van der Waals surface area contributed by atoms with Gasteiger partial charge in [-0.15, -0.1) is 0 Å². The van der Waals surface area contributed by atoms with Crippen molar-refractivity contribution in [2.75, 3.05) is 23.8 Å². The van der Waals surface area contributed by atoms with Crippen molar-refractivity contribution in [2.45, 2.75) is 39.5 Å². The highest BCUT2D eigenvalue weighted by Crippen LogP contribution is 2.23. The highest BCUT2D eigenvalue weighted by Gasteiger charge is 2.28. The molecule has 1 aliphatic heterocycles. The first-order valence-corrected chi connectivity index (χ1v) is 6.78. The first-order chi connectivity index (χ1) is 9.35. The van der Waals surface area contributed by atoms with Gasteiger partial charge in [-0.05, 0) is 38.5 Å². The van der Waals surface area contributed by atoms with Crippen LogP contribution in [0.15, 0.2) is 18.2 Å². The first-order valence-electron chi connectivity index (χ1n) is 6.78. The second-order valence-electron chi connectivity index (χ2n) is 5.57. The maximum atomic E-state index is 11.2. The zero-order chi connectivity index (χ0) is 14.8. The summed E-state index contributed by atoms with van der Waals surface area (Å²) >= 11 is 0. The molecule has 0 aliphatic carbocycles. The maximum Gasteiger partial charge on any atom is 0.221 e. The molecule has 0 saturated carbocycles. The average Bonchev–Trinajstić information content (AvgIpc) is 2.35. The number of hydrogen-bond acceptors (Lipinski definition) is 4. The van der Waals surface area contributed by atoms with Crippen molar-refractivity contribution in [3.63, 3.8) is 0 Å². The molecule has 20 heavy (non-hydrogen) atoms. The molecule has 1 saturated heterocycles. The third-order valence-corrected chi connectivity index (χ3v) is 3.18. The Morgan fingerprint density at radius 2 is 1.95 bits per heavy atom. The molecule has 2 N–H and O–H groups in total. The fourth-order valence-corrected chi connectivity index (χ4v) is 2.05. The lowest BCUT2D eigenvalue weighted by Gasteiger charge is -2.35. The SMILES string of the molecule is CC(=O)Nc1cc(NC2COC(C)(C)OC2)ccc1C. The molecule has 110 valence electrons. The van der Waals surface area contributed by atoms with Gasteiger partial charge in [-0.3, -0.25) is 4.79 Å². The third-order valence-electron chi connectivity index (χ3n) is 3.18. The van der Waals surface area contributed by atoms with E-state index in [0.29, 0.717) is 13.2 Å². The second-order valence-corrected chi connectivity index (χ2v) is 5.57. The van der Waals surface area contributed by atoms with Crippen LogP contribution in [-0.4, -0.2) is 30.9 Å². The van der Waals surface area contributed by atoms with Crippen molar-refractivity contribution < 1.29 is 14.3 Å². The van der Waals surface area contributed by atoms with E-state index in [4.69, 9.17) is 9.47 Å². The summed E-state index contributed by atoms with van der Waals surface area (Å²) in [7, 11) is 0. The lowest BCUT2D eigenvalue weighted by Crippen LogP contribution is -2.45. The number of aryl methyl sites for hydroxylation is 1. The predicted octanol–water partition coefficient (Wildman–Crippen LogP) is 2.52. The first kappa shape index (κ1) is 14.8. The highest BCUT2D eigenvalue weighted by atomic mass is 16.7. The topological polar surface area (TPSA) is 59.6 Å². The van der Waals surface area contributed by atoms with Gasteiger partial charge in [0.05, 0.1) is 19.3 Å². The highest BCUT2D eigenvalue weighted by molar-refractivity contribution is 5.90. The normalized spacial score (nSPS) is 18.6. The summed E-state index contributed by atoms with van der Waals surface area (Å²) in [6.07, 6.45) is 0. The van der Waals surface area contributed by atoms with E-state index in [-0.39, 0.29) is 11.9 Å². The summed E-state index contributed by atoms with van der Waals surface area (Å²) < 4.78 is 11.2. The van der Waals surface area contributed by atoms with Crippen molar-refractivity contribution in [3.05, 3.63) is 23.8 Å². The lowest BCUT2D eigenvalue weighted by molar-refractivity contribution is -0.247. The predicted molar refractivity (Wildman–Crippen MR) is 78.9 cm³/mol. The Labute approximate surface area is 119 Å². The number of benzene rings is 1. The van der Waals surface area contributed by atoms with Crippen LogP contribution < -0.4 is 10.6 Å². The zero-order valence-electron chi connectivity index (χ0n) is 12.4. The largest absolute Gasteiger partial charge is 0.378 e. The van der Waals surface area contributed by atoms with Crippen LogP contribution in [0.2, 0.25) is 0 Å². The summed E-state index contributed by atoms with van der Waals surface area (Å²) in [5, 5.41) is 6.18. The Kier molecular flexibility index (Phi) is 4.30. The van der Waals surface area contributed by atoms with E-state index in [9.17, 15) is 4.79 Å². The van der Waals surface area contributed by atoms with Crippen molar-refractivity contribution >= 4 is 17.3 Å². The average molecular weight is 278 g/mol. The fraction of sp³-hybridized carbons (Fsp3) is 0.533. The van der Waals surface area contributed by atoms with Gasteiger partial charge in [0, 0.05) is 18.3 Å². The van der Waals surface area contributed by atoms with Gasteiger partial charge in [-0.2, -0.15) is 0 Å². The fourth-order valence-electron chi connectivity index (χ4n) is 2.05. The van der Waals surface area contributed by atoms with Crippen LogP contribution in [-0.2, 0) is 14.3 Å². The monoisotopic (exact) mass is 278 g/mol. The molecule has 1 heterocycles. The van der Waals surface area contributed by atoms with E-state index < -0.39 is 5.79 Å². The van der Waals surface area contributed by atoms with E-state index in [0.717, 1.165) is 16.9 Å². The van der Waals surface area contributed by atoms with Crippen molar-refractivity contribution in [2.24, 2.45) is 0 Å². The molecule has 0 spiro atoms. The van der Waals surface area contributed by atoms with Crippen LogP contribution in [0.1, 0.15) is 26.3 Å². The summed E-state index contributed by atoms with van der Waals surface area (Å²) in [6.45, 7) is 8.47. The van der Waals surface area contributed by atoms with Gasteiger partial charge in [0.25, 0.3) is 0 Å². The van der Waals surface area contributed by atoms with E-state index in [1.165, 1.54) is 6.92 Å². The minimum atomic E-state index is -0.507. The molecule has 0 unspecified atom stereocenters. The summed E-state index contributed by atoms with van der Waals surface area (Å²) in [4.78, 5) is 11.2. The maximum absolute atomic E-state index is 11.2. The molecule has 1 aromatic rings. The van der Waals surface area contributed by atoms with E-state index in [1.54, 1.807) is 0 Å². The minimum Gasteiger partial charge on any atom is -0.378 e. The third kappa shape index (κ3) is 3.95. The van der Waals surface area contributed by atoms with Gasteiger partial charge < -0.3 is 20.1 Å². The number of nitrogens with one attached hydrogen (secondary N) is 2. The molecular formula is C15H22N2O3. The van der Waals surface area contributed by atoms with Crippen LogP contribution in [0.4, 0.5) is 11.4 Å². The van der Waals surface area contributed by atoms with Crippen molar-refractivity contribution in [3.8, 4) is 0 Å². The molecule has 1 aromatic carbocycles. The molecule has 1 aliphatic rings. The minimum absolute atomic E-state index is 0.0728. The summed E-state index contributed by atoms with van der Waals surface area (Å²) in [5.74, 6) is -0.580. The molecule has 1 amide bonds. The summed E-state index contributed by atoms with van der Waals surface area (Å²) in [6, 6.07) is 6.00. The van der Waals surface area contributed by atoms with Gasteiger partial charge in [-0.25, -0.2) is 0 Å². The van der Waals surface area contributed by atoms with Gasteiger partial charge in [-0.1, -0.05) is 6.07 Å². The number of anilines is 2. The van der Waals surface area contributed by atoms with Crippen molar-refractivity contribution in [1.29, 1.82) is 0 Å². The second kappa shape index (κ2) is 5.81. The molecule has 5 nitrogen and oxygen atoms in total. The Balaban J connectivity index is 2.01. The van der Waals surface area contributed by atoms with Gasteiger partial charge in [0.1, 0.15) is 0 Å². The Bertz CT molecular complexity index is 490. The zero-order valence-corrected chi connectivity index (χ0v) is 12.4. The van der Waals surface area contributed by atoms with Crippen LogP contribution >= 0.6 is 0 Å². The van der Waals surface area contributed by atoms with E-state index in [2.05, 4.69) is 10.6 Å². The standard InChI is InChI=1S/C15H22N2O3/c1-10-5-6-12(7-14(10)16-11(2)18)17-13-8-19-15(3,4)20-9-13/h5-7,13,17H,8-9H2,1-4H3,(H,16,18). The van der Waals surface area contributed by atoms with Crippen LogP contribution in [0.3, 0.4) is 0 Å². The number of hydrogen-bond donors (Lipinski definition) is 2. The van der Waals surface area contributed by atoms with Crippen LogP contribution in [0.5, 0.6) is 0 Å². The van der Waals surface area contributed by atoms with Gasteiger partial charge >= 0.3 is 0 Å². The number of amides is 1. The lowest BCUT2D eigenvalue weighted by atomic mass is 10.1. The van der Waals surface area contributed by atoms with Gasteiger partial charge in [0.2, 0.25) is 5.91 Å². The smallest absolute Gasteiger partial charge is 0.221 e. The van der Waals surface area contributed by atoms with Crippen LogP contribution in [0, 0.1) is 6.92 Å². The van der Waals surface area contributed by atoms with Crippen molar-refractivity contribution in [1.82, 2.24) is 0 Å². The summed E-state index contributed by atoms with van der Waals surface area (Å²) in [5.41, 5.74) is 2.79. The van der Waals surface area contributed by atoms with E-state index in [1.807, 2.05) is 39.0 Å². The Morgan fingerprint density at radius 1 is 1.30 bits per heavy atom. The number of carbonyl (C=O) groups is 1. The Hall–Kier alpha value is -1.59. The number of ether oxygens (including phenoxy) is 2. The molecule has 1 fully saturated rings. The molecule has 0 aromatic heterocycles. The van der Waals surface area contributed by atoms with Gasteiger partial charge in [0.15, 0.2) is 5.79 Å². The molecule has 0 atom stereocenters. The molecular weight excluding hydrogens is 256 g/mol. The molecule has 2 rings (SSSR count). The van der Waals surface area contributed by atoms with E-state index >= 15 is 0 Å². The Morgan fingerprint density at radius 3 is 2.55 bits per heavy atom. The quantitative estimate of drug-likeness (QED) is 0.892. The molecule has 0 bridgehead atoms. The molecule has 5 heteroatoms.